The molecule has 1 amide bonds. The Bertz CT molecular complexity index is 621. The molecule has 0 saturated carbocycles. The molecule has 1 fully saturated rings. The SMILES string of the molecule is COCC1(C(=O)O)CCN(C(=O)CCc2cccc(OC)c2F)C1. The summed E-state index contributed by atoms with van der Waals surface area (Å²) in [6, 6.07) is 4.81. The van der Waals surface area contributed by atoms with E-state index in [1.54, 1.807) is 12.1 Å². The lowest BCUT2D eigenvalue weighted by Crippen LogP contribution is -2.40. The molecule has 7 heteroatoms. The third-order valence-electron chi connectivity index (χ3n) is 4.45. The molecule has 1 aromatic rings. The number of halogens is 1. The van der Waals surface area contributed by atoms with E-state index < -0.39 is 17.2 Å². The van der Waals surface area contributed by atoms with Crippen LogP contribution in [0.25, 0.3) is 0 Å². The van der Waals surface area contributed by atoms with Crippen molar-refractivity contribution >= 4 is 11.9 Å². The molecule has 1 aliphatic rings. The number of hydrogen-bond acceptors (Lipinski definition) is 4. The maximum absolute atomic E-state index is 14.1. The first-order valence-electron chi connectivity index (χ1n) is 7.75. The van der Waals surface area contributed by atoms with Gasteiger partial charge in [0.1, 0.15) is 5.41 Å². The van der Waals surface area contributed by atoms with Crippen molar-refractivity contribution in [2.24, 2.45) is 5.41 Å². The van der Waals surface area contributed by atoms with E-state index in [0.717, 1.165) is 0 Å². The van der Waals surface area contributed by atoms with Gasteiger partial charge in [-0.15, -0.1) is 0 Å². The minimum absolute atomic E-state index is 0.0661. The van der Waals surface area contributed by atoms with Gasteiger partial charge in [-0.1, -0.05) is 12.1 Å². The number of aliphatic carboxylic acids is 1. The Morgan fingerprint density at radius 1 is 1.38 bits per heavy atom. The van der Waals surface area contributed by atoms with Crippen LogP contribution in [-0.2, 0) is 20.7 Å². The molecule has 1 heterocycles. The van der Waals surface area contributed by atoms with Crippen molar-refractivity contribution < 1.29 is 28.6 Å². The second-order valence-electron chi connectivity index (χ2n) is 6.02. The van der Waals surface area contributed by atoms with Crippen LogP contribution in [0.2, 0.25) is 0 Å². The molecule has 132 valence electrons. The Morgan fingerprint density at radius 3 is 2.75 bits per heavy atom. The van der Waals surface area contributed by atoms with E-state index in [9.17, 15) is 19.1 Å². The van der Waals surface area contributed by atoms with Crippen LogP contribution in [0.15, 0.2) is 18.2 Å². The van der Waals surface area contributed by atoms with Crippen LogP contribution in [0.1, 0.15) is 18.4 Å². The van der Waals surface area contributed by atoms with Crippen LogP contribution in [0.3, 0.4) is 0 Å². The van der Waals surface area contributed by atoms with Crippen LogP contribution >= 0.6 is 0 Å². The molecule has 0 spiro atoms. The molecular formula is C17H22FNO5. The fourth-order valence-electron chi connectivity index (χ4n) is 3.02. The molecule has 2 rings (SSSR count). The summed E-state index contributed by atoms with van der Waals surface area (Å²) in [4.78, 5) is 25.4. The number of rotatable bonds is 7. The molecule has 0 aromatic heterocycles. The summed E-state index contributed by atoms with van der Waals surface area (Å²) >= 11 is 0. The second kappa shape index (κ2) is 7.61. The normalized spacial score (nSPS) is 20.2. The Kier molecular flexibility index (Phi) is 5.77. The van der Waals surface area contributed by atoms with Crippen molar-refractivity contribution in [2.75, 3.05) is 33.9 Å². The summed E-state index contributed by atoms with van der Waals surface area (Å²) in [5.41, 5.74) is -0.644. The van der Waals surface area contributed by atoms with Gasteiger partial charge in [-0.3, -0.25) is 9.59 Å². The van der Waals surface area contributed by atoms with Crippen LogP contribution in [0.5, 0.6) is 5.75 Å². The van der Waals surface area contributed by atoms with Crippen LogP contribution < -0.4 is 4.74 Å². The lowest BCUT2D eigenvalue weighted by molar-refractivity contribution is -0.151. The maximum atomic E-state index is 14.1. The number of aryl methyl sites for hydroxylation is 1. The van der Waals surface area contributed by atoms with Gasteiger partial charge in [-0.2, -0.15) is 0 Å². The number of likely N-dealkylation sites (tertiary alicyclic amines) is 1. The molecule has 1 aliphatic heterocycles. The third kappa shape index (κ3) is 3.67. The number of carbonyl (C=O) groups is 2. The standard InChI is InChI=1S/C17H22FNO5/c1-23-11-17(16(21)22)8-9-19(10-17)14(20)7-6-12-4-3-5-13(24-2)15(12)18/h3-5H,6-11H2,1-2H3,(H,21,22). The van der Waals surface area contributed by atoms with Gasteiger partial charge in [0, 0.05) is 26.6 Å². The van der Waals surface area contributed by atoms with Crippen molar-refractivity contribution in [3.05, 3.63) is 29.6 Å². The van der Waals surface area contributed by atoms with Gasteiger partial charge >= 0.3 is 5.97 Å². The van der Waals surface area contributed by atoms with Crippen molar-refractivity contribution in [3.63, 3.8) is 0 Å². The monoisotopic (exact) mass is 339 g/mol. The number of benzene rings is 1. The van der Waals surface area contributed by atoms with Crippen molar-refractivity contribution in [1.29, 1.82) is 0 Å². The highest BCUT2D eigenvalue weighted by Gasteiger charge is 2.46. The lowest BCUT2D eigenvalue weighted by atomic mass is 9.88. The molecule has 24 heavy (non-hydrogen) atoms. The first-order chi connectivity index (χ1) is 11.4. The summed E-state index contributed by atoms with van der Waals surface area (Å²) < 4.78 is 24.0. The summed E-state index contributed by atoms with van der Waals surface area (Å²) in [5, 5.41) is 9.41. The molecule has 1 aromatic carbocycles. The molecule has 1 atom stereocenters. The summed E-state index contributed by atoms with van der Waals surface area (Å²) in [6.45, 7) is 0.557. The predicted octanol–water partition coefficient (Wildman–Crippen LogP) is 1.72. The topological polar surface area (TPSA) is 76.1 Å². The quantitative estimate of drug-likeness (QED) is 0.818. The fourth-order valence-corrected chi connectivity index (χ4v) is 3.02. The zero-order valence-electron chi connectivity index (χ0n) is 13.9. The number of ether oxygens (including phenoxy) is 2. The highest BCUT2D eigenvalue weighted by atomic mass is 19.1. The Morgan fingerprint density at radius 2 is 2.12 bits per heavy atom. The molecule has 1 saturated heterocycles. The average Bonchev–Trinajstić information content (AvgIpc) is 3.00. The third-order valence-corrected chi connectivity index (χ3v) is 4.45. The number of carbonyl (C=O) groups excluding carboxylic acids is 1. The largest absolute Gasteiger partial charge is 0.494 e. The minimum Gasteiger partial charge on any atom is -0.494 e. The van der Waals surface area contributed by atoms with Gasteiger partial charge in [0.2, 0.25) is 5.91 Å². The van der Waals surface area contributed by atoms with Crippen LogP contribution in [0, 0.1) is 11.2 Å². The molecule has 0 radical (unpaired) electrons. The smallest absolute Gasteiger partial charge is 0.313 e. The van der Waals surface area contributed by atoms with Gasteiger partial charge in [0.05, 0.1) is 13.7 Å². The van der Waals surface area contributed by atoms with Crippen molar-refractivity contribution in [1.82, 2.24) is 4.90 Å². The molecule has 0 bridgehead atoms. The first kappa shape index (κ1) is 18.2. The second-order valence-corrected chi connectivity index (χ2v) is 6.02. The Labute approximate surface area is 140 Å². The van der Waals surface area contributed by atoms with E-state index >= 15 is 0 Å². The Hall–Kier alpha value is -2.15. The van der Waals surface area contributed by atoms with Crippen molar-refractivity contribution in [3.8, 4) is 5.75 Å². The number of carboxylic acid groups (broad SMARTS) is 1. The fraction of sp³-hybridized carbons (Fsp3) is 0.529. The average molecular weight is 339 g/mol. The highest BCUT2D eigenvalue weighted by molar-refractivity contribution is 5.81. The van der Waals surface area contributed by atoms with E-state index in [4.69, 9.17) is 9.47 Å². The van der Waals surface area contributed by atoms with E-state index in [2.05, 4.69) is 0 Å². The zero-order valence-corrected chi connectivity index (χ0v) is 13.9. The Balaban J connectivity index is 1.98. The number of amides is 1. The summed E-state index contributed by atoms with van der Waals surface area (Å²) in [7, 11) is 2.83. The predicted molar refractivity (Wildman–Crippen MR) is 84.4 cm³/mol. The van der Waals surface area contributed by atoms with E-state index in [1.165, 1.54) is 25.2 Å². The molecule has 1 unspecified atom stereocenters. The number of hydrogen-bond donors (Lipinski definition) is 1. The minimum atomic E-state index is -1.05. The summed E-state index contributed by atoms with van der Waals surface area (Å²) in [5.74, 6) is -1.46. The van der Waals surface area contributed by atoms with Crippen molar-refractivity contribution in [2.45, 2.75) is 19.3 Å². The van der Waals surface area contributed by atoms with E-state index in [0.29, 0.717) is 18.5 Å². The number of carboxylic acids is 1. The summed E-state index contributed by atoms with van der Waals surface area (Å²) in [6.07, 6.45) is 0.713. The molecular weight excluding hydrogens is 317 g/mol. The zero-order chi connectivity index (χ0) is 17.7. The highest BCUT2D eigenvalue weighted by Crippen LogP contribution is 2.32. The van der Waals surface area contributed by atoms with Gasteiger partial charge in [0.25, 0.3) is 0 Å². The van der Waals surface area contributed by atoms with Gasteiger partial charge < -0.3 is 19.5 Å². The van der Waals surface area contributed by atoms with Gasteiger partial charge in [0.15, 0.2) is 11.6 Å². The van der Waals surface area contributed by atoms with Gasteiger partial charge in [-0.05, 0) is 24.5 Å². The van der Waals surface area contributed by atoms with E-state index in [-0.39, 0.29) is 37.6 Å². The number of methoxy groups -OCH3 is 2. The maximum Gasteiger partial charge on any atom is 0.313 e. The van der Waals surface area contributed by atoms with Crippen LogP contribution in [-0.4, -0.2) is 55.8 Å². The first-order valence-corrected chi connectivity index (χ1v) is 7.75. The van der Waals surface area contributed by atoms with Gasteiger partial charge in [-0.25, -0.2) is 4.39 Å². The van der Waals surface area contributed by atoms with Crippen LogP contribution in [0.4, 0.5) is 4.39 Å². The lowest BCUT2D eigenvalue weighted by Gasteiger charge is -2.23. The van der Waals surface area contributed by atoms with E-state index in [1.807, 2.05) is 0 Å². The molecule has 0 aliphatic carbocycles. The molecule has 6 nitrogen and oxygen atoms in total. The molecule has 1 N–H and O–H groups in total. The number of nitrogens with zero attached hydrogens (tertiary/aromatic N) is 1.